The molecule has 1 atom stereocenters. The predicted octanol–water partition coefficient (Wildman–Crippen LogP) is 1.74. The minimum Gasteiger partial charge on any atom is -0.396 e. The number of hydrogen-bond acceptors (Lipinski definition) is 4. The maximum Gasteiger partial charge on any atom is 0.249 e. The van der Waals surface area contributed by atoms with E-state index in [0.717, 1.165) is 12.8 Å². The fourth-order valence-corrected chi connectivity index (χ4v) is 2.22. The smallest absolute Gasteiger partial charge is 0.249 e. The van der Waals surface area contributed by atoms with Gasteiger partial charge in [-0.25, -0.2) is 0 Å². The Kier molecular flexibility index (Phi) is 12.6. The third-order valence-electron chi connectivity index (χ3n) is 4.13. The lowest BCUT2D eigenvalue weighted by Crippen LogP contribution is -2.45. The Morgan fingerprint density at radius 1 is 0.958 bits per heavy atom. The lowest BCUT2D eigenvalue weighted by molar-refractivity contribution is -0.137. The van der Waals surface area contributed by atoms with Gasteiger partial charge in [0.1, 0.15) is 6.10 Å². The summed E-state index contributed by atoms with van der Waals surface area (Å²) in [4.78, 5) is 23.4. The van der Waals surface area contributed by atoms with Gasteiger partial charge in [0.25, 0.3) is 0 Å². The van der Waals surface area contributed by atoms with Crippen LogP contribution in [-0.2, 0) is 9.59 Å². The van der Waals surface area contributed by atoms with Crippen molar-refractivity contribution in [2.45, 2.75) is 78.2 Å². The van der Waals surface area contributed by atoms with E-state index in [9.17, 15) is 14.7 Å². The van der Waals surface area contributed by atoms with Crippen molar-refractivity contribution in [1.82, 2.24) is 10.6 Å². The van der Waals surface area contributed by atoms with E-state index in [1.54, 1.807) is 13.8 Å². The van der Waals surface area contributed by atoms with Crippen LogP contribution in [0, 0.1) is 5.41 Å². The molecule has 6 nitrogen and oxygen atoms in total. The van der Waals surface area contributed by atoms with Crippen LogP contribution in [0.2, 0.25) is 0 Å². The summed E-state index contributed by atoms with van der Waals surface area (Å²) >= 11 is 0. The number of carbonyl (C=O) groups is 2. The van der Waals surface area contributed by atoms with Crippen molar-refractivity contribution in [3.8, 4) is 0 Å². The molecule has 142 valence electrons. The van der Waals surface area contributed by atoms with E-state index in [0.29, 0.717) is 25.9 Å². The second-order valence-electron chi connectivity index (χ2n) is 7.06. The molecule has 0 aromatic heterocycles. The highest BCUT2D eigenvalue weighted by Gasteiger charge is 2.32. The number of hydrogen-bond donors (Lipinski definition) is 4. The van der Waals surface area contributed by atoms with Crippen molar-refractivity contribution in [3.63, 3.8) is 0 Å². The number of aliphatic hydroxyl groups is 2. The molecular formula is C18H36N2O4. The molecule has 0 unspecified atom stereocenters. The zero-order chi connectivity index (χ0) is 18.4. The highest BCUT2D eigenvalue weighted by Crippen LogP contribution is 2.19. The van der Waals surface area contributed by atoms with Gasteiger partial charge in [0, 0.05) is 24.9 Å². The average Bonchev–Trinajstić information content (AvgIpc) is 2.56. The molecule has 24 heavy (non-hydrogen) atoms. The van der Waals surface area contributed by atoms with Crippen LogP contribution < -0.4 is 10.6 Å². The van der Waals surface area contributed by atoms with Crippen LogP contribution in [0.25, 0.3) is 0 Å². The lowest BCUT2D eigenvalue weighted by Gasteiger charge is -2.27. The Morgan fingerprint density at radius 2 is 1.54 bits per heavy atom. The van der Waals surface area contributed by atoms with Crippen LogP contribution in [0.15, 0.2) is 0 Å². The Morgan fingerprint density at radius 3 is 2.17 bits per heavy atom. The summed E-state index contributed by atoms with van der Waals surface area (Å²) in [5, 5.41) is 24.4. The molecule has 0 aliphatic carbocycles. The standard InChI is InChI=1S/C18H36N2O4/c1-4-5-6-7-8-9-12-19-15(22)11-10-13-20-17(24)16(23)18(2,3)14-21/h16,21,23H,4-14H2,1-3H3,(H,19,22)(H,20,24)/t16-/m0/s1. The topological polar surface area (TPSA) is 98.7 Å². The van der Waals surface area contributed by atoms with Crippen molar-refractivity contribution >= 4 is 11.8 Å². The molecule has 0 saturated heterocycles. The molecule has 0 aromatic rings. The van der Waals surface area contributed by atoms with Crippen LogP contribution in [0.4, 0.5) is 0 Å². The summed E-state index contributed by atoms with van der Waals surface area (Å²) in [6, 6.07) is 0. The molecule has 0 radical (unpaired) electrons. The van der Waals surface area contributed by atoms with Crippen molar-refractivity contribution in [2.24, 2.45) is 5.41 Å². The molecule has 6 heteroatoms. The second-order valence-corrected chi connectivity index (χ2v) is 7.06. The number of nitrogens with one attached hydrogen (secondary N) is 2. The minimum absolute atomic E-state index is 0.00552. The first-order chi connectivity index (χ1) is 11.3. The first-order valence-electron chi connectivity index (χ1n) is 9.18. The molecule has 0 aliphatic rings. The highest BCUT2D eigenvalue weighted by molar-refractivity contribution is 5.81. The monoisotopic (exact) mass is 344 g/mol. The van der Waals surface area contributed by atoms with E-state index in [1.165, 1.54) is 25.7 Å². The van der Waals surface area contributed by atoms with Gasteiger partial charge in [-0.1, -0.05) is 52.9 Å². The second kappa shape index (κ2) is 13.2. The van der Waals surface area contributed by atoms with E-state index >= 15 is 0 Å². The summed E-state index contributed by atoms with van der Waals surface area (Å²) in [7, 11) is 0. The van der Waals surface area contributed by atoms with Crippen molar-refractivity contribution < 1.29 is 19.8 Å². The molecule has 2 amide bonds. The average molecular weight is 344 g/mol. The van der Waals surface area contributed by atoms with E-state index < -0.39 is 17.4 Å². The van der Waals surface area contributed by atoms with E-state index in [-0.39, 0.29) is 12.5 Å². The summed E-state index contributed by atoms with van der Waals surface area (Å²) in [6.07, 6.45) is 6.79. The van der Waals surface area contributed by atoms with Crippen LogP contribution >= 0.6 is 0 Å². The largest absolute Gasteiger partial charge is 0.396 e. The van der Waals surface area contributed by atoms with Gasteiger partial charge in [0.2, 0.25) is 11.8 Å². The summed E-state index contributed by atoms with van der Waals surface area (Å²) in [5.74, 6) is -0.518. The molecule has 0 aliphatic heterocycles. The first-order valence-corrected chi connectivity index (χ1v) is 9.18. The zero-order valence-corrected chi connectivity index (χ0v) is 15.6. The summed E-state index contributed by atoms with van der Waals surface area (Å²) in [5.41, 5.74) is -0.876. The number of unbranched alkanes of at least 4 members (excludes halogenated alkanes) is 5. The van der Waals surface area contributed by atoms with Gasteiger partial charge in [0.15, 0.2) is 0 Å². The molecule has 0 aromatic carbocycles. The molecule has 0 spiro atoms. The first kappa shape index (κ1) is 22.9. The number of carbonyl (C=O) groups excluding carboxylic acids is 2. The quantitative estimate of drug-likeness (QED) is 0.361. The Hall–Kier alpha value is -1.14. The highest BCUT2D eigenvalue weighted by atomic mass is 16.3. The van der Waals surface area contributed by atoms with Gasteiger partial charge in [-0.3, -0.25) is 9.59 Å². The molecule has 0 saturated carbocycles. The number of aliphatic hydroxyl groups excluding tert-OH is 2. The molecule has 0 bridgehead atoms. The van der Waals surface area contributed by atoms with Gasteiger partial charge in [-0.05, 0) is 12.8 Å². The van der Waals surface area contributed by atoms with Gasteiger partial charge < -0.3 is 20.8 Å². The Labute approximate surface area is 146 Å². The number of rotatable bonds is 14. The van der Waals surface area contributed by atoms with Gasteiger partial charge in [0.05, 0.1) is 6.61 Å². The number of amides is 2. The zero-order valence-electron chi connectivity index (χ0n) is 15.6. The third-order valence-corrected chi connectivity index (χ3v) is 4.13. The third kappa shape index (κ3) is 10.6. The summed E-state index contributed by atoms with van der Waals surface area (Å²) < 4.78 is 0. The molecule has 0 heterocycles. The van der Waals surface area contributed by atoms with Crippen molar-refractivity contribution in [2.75, 3.05) is 19.7 Å². The Bertz CT molecular complexity index is 359. The van der Waals surface area contributed by atoms with E-state index in [4.69, 9.17) is 5.11 Å². The molecule has 4 N–H and O–H groups in total. The van der Waals surface area contributed by atoms with Crippen LogP contribution in [-0.4, -0.2) is 47.8 Å². The molecular weight excluding hydrogens is 308 g/mol. The van der Waals surface area contributed by atoms with Gasteiger partial charge in [-0.2, -0.15) is 0 Å². The van der Waals surface area contributed by atoms with Crippen molar-refractivity contribution in [3.05, 3.63) is 0 Å². The predicted molar refractivity (Wildman–Crippen MR) is 95.5 cm³/mol. The van der Waals surface area contributed by atoms with E-state index in [2.05, 4.69) is 17.6 Å². The molecule has 0 fully saturated rings. The maximum absolute atomic E-state index is 11.7. The maximum atomic E-state index is 11.7. The summed E-state index contributed by atoms with van der Waals surface area (Å²) in [6.45, 7) is 6.20. The van der Waals surface area contributed by atoms with Gasteiger partial charge in [-0.15, -0.1) is 0 Å². The van der Waals surface area contributed by atoms with Crippen LogP contribution in [0.1, 0.15) is 72.1 Å². The van der Waals surface area contributed by atoms with E-state index in [1.807, 2.05) is 0 Å². The van der Waals surface area contributed by atoms with Crippen LogP contribution in [0.5, 0.6) is 0 Å². The van der Waals surface area contributed by atoms with Gasteiger partial charge >= 0.3 is 0 Å². The van der Waals surface area contributed by atoms with Crippen molar-refractivity contribution in [1.29, 1.82) is 0 Å². The lowest BCUT2D eigenvalue weighted by atomic mass is 9.87. The van der Waals surface area contributed by atoms with Crippen LogP contribution in [0.3, 0.4) is 0 Å². The fourth-order valence-electron chi connectivity index (χ4n) is 2.22. The SMILES string of the molecule is CCCCCCCCNC(=O)CCCNC(=O)[C@H](O)C(C)(C)CO. The fraction of sp³-hybridized carbons (Fsp3) is 0.889. The normalized spacial score (nSPS) is 12.7. The molecule has 0 rings (SSSR count). The minimum atomic E-state index is -1.26. The Balaban J connectivity index is 3.63.